The topological polar surface area (TPSA) is 29.1 Å². The summed E-state index contributed by atoms with van der Waals surface area (Å²) in [5, 5.41) is 2.79. The molecule has 0 heterocycles. The summed E-state index contributed by atoms with van der Waals surface area (Å²) in [6.45, 7) is 3.64. The van der Waals surface area contributed by atoms with Crippen molar-refractivity contribution in [1.29, 1.82) is 0 Å². The predicted octanol–water partition coefficient (Wildman–Crippen LogP) is 2.59. The van der Waals surface area contributed by atoms with E-state index < -0.39 is 0 Å². The average molecular weight is 175 g/mol. The zero-order valence-electron chi connectivity index (χ0n) is 7.87. The number of anilines is 1. The van der Waals surface area contributed by atoms with Crippen LogP contribution in [-0.4, -0.2) is 5.91 Å². The largest absolute Gasteiger partial charge is 0.322 e. The first kappa shape index (κ1) is 9.52. The number of carbonyl (C=O) groups is 1. The monoisotopic (exact) mass is 175 g/mol. The fourth-order valence-electron chi connectivity index (χ4n) is 0.882. The smallest absolute Gasteiger partial charge is 0.250 e. The Morgan fingerprint density at radius 1 is 1.31 bits per heavy atom. The van der Waals surface area contributed by atoms with Gasteiger partial charge in [-0.15, -0.1) is 0 Å². The Morgan fingerprint density at radius 2 is 1.92 bits per heavy atom. The third-order valence-corrected chi connectivity index (χ3v) is 1.82. The molecule has 0 radical (unpaired) electrons. The molecule has 0 aromatic heterocycles. The van der Waals surface area contributed by atoms with Crippen LogP contribution in [-0.2, 0) is 4.79 Å². The Labute approximate surface area is 78.3 Å². The molecule has 1 aromatic rings. The molecule has 0 aliphatic rings. The van der Waals surface area contributed by atoms with Crippen LogP contribution in [0.1, 0.15) is 13.8 Å². The van der Waals surface area contributed by atoms with Crippen molar-refractivity contribution in [3.63, 3.8) is 0 Å². The summed E-state index contributed by atoms with van der Waals surface area (Å²) in [6.07, 6.45) is 1.79. The van der Waals surface area contributed by atoms with Gasteiger partial charge in [-0.1, -0.05) is 24.3 Å². The summed E-state index contributed by atoms with van der Waals surface area (Å²) in [5.41, 5.74) is 1.55. The van der Waals surface area contributed by atoms with Gasteiger partial charge in [-0.05, 0) is 26.0 Å². The number of hydrogen-bond donors (Lipinski definition) is 1. The molecular formula is C11H13NO. The van der Waals surface area contributed by atoms with Gasteiger partial charge in [-0.2, -0.15) is 0 Å². The summed E-state index contributed by atoms with van der Waals surface area (Å²) in [7, 11) is 0. The van der Waals surface area contributed by atoms with Crippen molar-refractivity contribution < 1.29 is 4.79 Å². The molecule has 13 heavy (non-hydrogen) atoms. The van der Waals surface area contributed by atoms with E-state index in [9.17, 15) is 4.79 Å². The maximum atomic E-state index is 11.4. The maximum Gasteiger partial charge on any atom is 0.250 e. The minimum atomic E-state index is -0.0475. The van der Waals surface area contributed by atoms with Crippen molar-refractivity contribution in [3.05, 3.63) is 42.0 Å². The highest BCUT2D eigenvalue weighted by Crippen LogP contribution is 2.06. The number of nitrogens with one attached hydrogen (secondary N) is 1. The van der Waals surface area contributed by atoms with Crippen LogP contribution in [0.5, 0.6) is 0 Å². The second-order valence-electron chi connectivity index (χ2n) is 2.79. The van der Waals surface area contributed by atoms with Gasteiger partial charge in [0.25, 0.3) is 5.91 Å². The van der Waals surface area contributed by atoms with Gasteiger partial charge in [-0.25, -0.2) is 0 Å². The van der Waals surface area contributed by atoms with Crippen molar-refractivity contribution >= 4 is 11.6 Å². The lowest BCUT2D eigenvalue weighted by molar-refractivity contribution is -0.112. The van der Waals surface area contributed by atoms with Crippen molar-refractivity contribution in [2.45, 2.75) is 13.8 Å². The highest BCUT2D eigenvalue weighted by atomic mass is 16.1. The molecule has 0 saturated heterocycles. The van der Waals surface area contributed by atoms with Crippen LogP contribution in [0.15, 0.2) is 42.0 Å². The van der Waals surface area contributed by atoms with Crippen molar-refractivity contribution in [3.8, 4) is 0 Å². The lowest BCUT2D eigenvalue weighted by Gasteiger charge is -2.03. The van der Waals surface area contributed by atoms with E-state index in [-0.39, 0.29) is 5.91 Å². The Hall–Kier alpha value is -1.57. The number of allylic oxidation sites excluding steroid dienone is 1. The van der Waals surface area contributed by atoms with Gasteiger partial charge in [0.15, 0.2) is 0 Å². The third-order valence-electron chi connectivity index (χ3n) is 1.82. The summed E-state index contributed by atoms with van der Waals surface area (Å²) in [6, 6.07) is 9.42. The van der Waals surface area contributed by atoms with Crippen LogP contribution >= 0.6 is 0 Å². The number of benzene rings is 1. The minimum Gasteiger partial charge on any atom is -0.322 e. The number of rotatable bonds is 2. The van der Waals surface area contributed by atoms with E-state index in [4.69, 9.17) is 0 Å². The van der Waals surface area contributed by atoms with Gasteiger partial charge in [0.1, 0.15) is 0 Å². The molecule has 0 spiro atoms. The first-order chi connectivity index (χ1) is 6.24. The molecule has 1 N–H and O–H groups in total. The van der Waals surface area contributed by atoms with E-state index in [1.807, 2.05) is 37.3 Å². The van der Waals surface area contributed by atoms with E-state index >= 15 is 0 Å². The van der Waals surface area contributed by atoms with Gasteiger partial charge in [-0.3, -0.25) is 4.79 Å². The minimum absolute atomic E-state index is 0.0475. The standard InChI is InChI=1S/C11H13NO/c1-3-9(2)11(13)12-10-7-5-4-6-8-10/h3-8H,1-2H3,(H,12,13)/b9-3+. The number of amides is 1. The van der Waals surface area contributed by atoms with Crippen LogP contribution in [0.3, 0.4) is 0 Å². The molecule has 0 aliphatic heterocycles. The molecular weight excluding hydrogens is 162 g/mol. The molecule has 2 nitrogen and oxygen atoms in total. The van der Waals surface area contributed by atoms with Crippen LogP contribution in [0, 0.1) is 0 Å². The fourth-order valence-corrected chi connectivity index (χ4v) is 0.882. The molecule has 0 unspecified atom stereocenters. The summed E-state index contributed by atoms with van der Waals surface area (Å²) in [5.74, 6) is -0.0475. The summed E-state index contributed by atoms with van der Waals surface area (Å²) >= 11 is 0. The van der Waals surface area contributed by atoms with Crippen molar-refractivity contribution in [1.82, 2.24) is 0 Å². The average Bonchev–Trinajstić information content (AvgIpc) is 2.18. The van der Waals surface area contributed by atoms with Crippen LogP contribution in [0.4, 0.5) is 5.69 Å². The van der Waals surface area contributed by atoms with Crippen LogP contribution in [0.2, 0.25) is 0 Å². The zero-order chi connectivity index (χ0) is 9.68. The molecule has 0 aliphatic carbocycles. The van der Waals surface area contributed by atoms with Gasteiger partial charge in [0.05, 0.1) is 0 Å². The van der Waals surface area contributed by atoms with E-state index in [0.717, 1.165) is 11.3 Å². The third kappa shape index (κ3) is 2.75. The molecule has 1 amide bonds. The number of carbonyl (C=O) groups excluding carboxylic acids is 1. The predicted molar refractivity (Wildman–Crippen MR) is 54.5 cm³/mol. The maximum absolute atomic E-state index is 11.4. The molecule has 68 valence electrons. The Bertz CT molecular complexity index is 314. The normalized spacial score (nSPS) is 11.1. The van der Waals surface area contributed by atoms with E-state index in [1.165, 1.54) is 0 Å². The van der Waals surface area contributed by atoms with Crippen molar-refractivity contribution in [2.75, 3.05) is 5.32 Å². The summed E-state index contributed by atoms with van der Waals surface area (Å²) < 4.78 is 0. The van der Waals surface area contributed by atoms with Gasteiger partial charge in [0.2, 0.25) is 0 Å². The highest BCUT2D eigenvalue weighted by molar-refractivity contribution is 6.03. The van der Waals surface area contributed by atoms with Gasteiger partial charge < -0.3 is 5.32 Å². The molecule has 0 atom stereocenters. The molecule has 1 rings (SSSR count). The molecule has 0 saturated carbocycles. The molecule has 0 fully saturated rings. The second kappa shape index (κ2) is 4.45. The van der Waals surface area contributed by atoms with Gasteiger partial charge in [0, 0.05) is 11.3 Å². The molecule has 1 aromatic carbocycles. The van der Waals surface area contributed by atoms with E-state index in [1.54, 1.807) is 13.0 Å². The highest BCUT2D eigenvalue weighted by Gasteiger charge is 2.01. The summed E-state index contributed by atoms with van der Waals surface area (Å²) in [4.78, 5) is 11.4. The SMILES string of the molecule is C/C=C(\C)C(=O)Nc1ccccc1. The Kier molecular flexibility index (Phi) is 3.26. The second-order valence-corrected chi connectivity index (χ2v) is 2.79. The lowest BCUT2D eigenvalue weighted by atomic mass is 10.2. The number of para-hydroxylation sites is 1. The Morgan fingerprint density at radius 3 is 2.46 bits per heavy atom. The van der Waals surface area contributed by atoms with E-state index in [0.29, 0.717) is 0 Å². The molecule has 2 heteroatoms. The van der Waals surface area contributed by atoms with Crippen LogP contribution in [0.25, 0.3) is 0 Å². The molecule has 0 bridgehead atoms. The zero-order valence-corrected chi connectivity index (χ0v) is 7.87. The first-order valence-corrected chi connectivity index (χ1v) is 4.23. The first-order valence-electron chi connectivity index (χ1n) is 4.23. The lowest BCUT2D eigenvalue weighted by Crippen LogP contribution is -2.12. The van der Waals surface area contributed by atoms with Gasteiger partial charge >= 0.3 is 0 Å². The van der Waals surface area contributed by atoms with Crippen molar-refractivity contribution in [2.24, 2.45) is 0 Å². The van der Waals surface area contributed by atoms with Crippen LogP contribution < -0.4 is 5.32 Å². The Balaban J connectivity index is 2.66. The quantitative estimate of drug-likeness (QED) is 0.688. The number of hydrogen-bond acceptors (Lipinski definition) is 1. The fraction of sp³-hybridized carbons (Fsp3) is 0.182. The van der Waals surface area contributed by atoms with E-state index in [2.05, 4.69) is 5.32 Å².